The highest BCUT2D eigenvalue weighted by molar-refractivity contribution is 5.36. The number of rotatable bonds is 5. The smallest absolute Gasteiger partial charge is 0.149 e. The number of likely N-dealkylation sites (N-methyl/N-ethyl adjacent to an activating group) is 1. The molecule has 2 rings (SSSR count). The molecule has 4 nitrogen and oxygen atoms in total. The molecular weight excluding hydrogens is 236 g/mol. The summed E-state index contributed by atoms with van der Waals surface area (Å²) in [5, 5.41) is 15.3. The van der Waals surface area contributed by atoms with Gasteiger partial charge in [0.1, 0.15) is 5.82 Å². The molecule has 1 aliphatic rings. The Bertz CT molecular complexity index is 380. The minimum atomic E-state index is -0.0181. The van der Waals surface area contributed by atoms with Crippen LogP contribution in [0.2, 0.25) is 0 Å². The number of aromatic nitrogens is 2. The van der Waals surface area contributed by atoms with E-state index >= 15 is 0 Å². The van der Waals surface area contributed by atoms with Crippen LogP contribution < -0.4 is 10.6 Å². The van der Waals surface area contributed by atoms with Gasteiger partial charge >= 0.3 is 0 Å². The van der Waals surface area contributed by atoms with Gasteiger partial charge in [-0.15, -0.1) is 5.10 Å². The Hall–Kier alpha value is -1.16. The number of nitrogens with one attached hydrogen (secondary N) is 2. The van der Waals surface area contributed by atoms with Crippen LogP contribution in [0.5, 0.6) is 0 Å². The first-order valence-corrected chi connectivity index (χ1v) is 7.37. The highest BCUT2D eigenvalue weighted by Gasteiger charge is 2.19. The molecule has 0 atom stereocenters. The Morgan fingerprint density at radius 2 is 1.89 bits per heavy atom. The molecule has 0 aromatic carbocycles. The zero-order chi connectivity index (χ0) is 13.7. The largest absolute Gasteiger partial charge is 0.362 e. The quantitative estimate of drug-likeness (QED) is 0.856. The molecule has 1 saturated carbocycles. The van der Waals surface area contributed by atoms with E-state index in [9.17, 15) is 0 Å². The predicted molar refractivity (Wildman–Crippen MR) is 79.5 cm³/mol. The summed E-state index contributed by atoms with van der Waals surface area (Å²) in [6.45, 7) is 5.19. The van der Waals surface area contributed by atoms with Crippen molar-refractivity contribution in [1.82, 2.24) is 15.5 Å². The average molecular weight is 262 g/mol. The summed E-state index contributed by atoms with van der Waals surface area (Å²) < 4.78 is 0. The normalized spacial score (nSPS) is 17.4. The molecule has 19 heavy (non-hydrogen) atoms. The van der Waals surface area contributed by atoms with Gasteiger partial charge in [-0.05, 0) is 45.9 Å². The molecule has 4 heteroatoms. The lowest BCUT2D eigenvalue weighted by molar-refractivity contribution is 0.434. The zero-order valence-electron chi connectivity index (χ0n) is 12.4. The zero-order valence-corrected chi connectivity index (χ0v) is 12.4. The minimum Gasteiger partial charge on any atom is -0.362 e. The standard InChI is InChI=1S/C15H26N4/c1-15(2,11-16-3)17-14-10-9-13(18-19-14)12-7-5-4-6-8-12/h9-10,12,16H,4-8,11H2,1-3H3,(H,17,19). The maximum absolute atomic E-state index is 4.41. The molecular formula is C15H26N4. The third kappa shape index (κ3) is 4.16. The first-order chi connectivity index (χ1) is 9.11. The van der Waals surface area contributed by atoms with Gasteiger partial charge in [-0.3, -0.25) is 0 Å². The van der Waals surface area contributed by atoms with Gasteiger partial charge in [0.2, 0.25) is 0 Å². The lowest BCUT2D eigenvalue weighted by Crippen LogP contribution is -2.41. The van der Waals surface area contributed by atoms with Crippen molar-refractivity contribution < 1.29 is 0 Å². The highest BCUT2D eigenvalue weighted by atomic mass is 15.2. The van der Waals surface area contributed by atoms with Gasteiger partial charge in [-0.2, -0.15) is 5.10 Å². The lowest BCUT2D eigenvalue weighted by Gasteiger charge is -2.26. The van der Waals surface area contributed by atoms with E-state index in [1.165, 1.54) is 32.1 Å². The Morgan fingerprint density at radius 3 is 2.47 bits per heavy atom. The molecule has 0 aliphatic heterocycles. The van der Waals surface area contributed by atoms with Crippen LogP contribution in [0.1, 0.15) is 57.6 Å². The summed E-state index contributed by atoms with van der Waals surface area (Å²) in [7, 11) is 1.96. The number of hydrogen-bond donors (Lipinski definition) is 2. The topological polar surface area (TPSA) is 49.8 Å². The summed E-state index contributed by atoms with van der Waals surface area (Å²) in [4.78, 5) is 0. The van der Waals surface area contributed by atoms with Crippen molar-refractivity contribution in [1.29, 1.82) is 0 Å². The van der Waals surface area contributed by atoms with Crippen molar-refractivity contribution in [2.45, 2.75) is 57.4 Å². The molecule has 0 amide bonds. The number of hydrogen-bond acceptors (Lipinski definition) is 4. The third-order valence-corrected chi connectivity index (χ3v) is 3.79. The van der Waals surface area contributed by atoms with Crippen molar-refractivity contribution in [2.75, 3.05) is 18.9 Å². The molecule has 1 fully saturated rings. The van der Waals surface area contributed by atoms with Gasteiger partial charge in [0, 0.05) is 18.0 Å². The van der Waals surface area contributed by atoms with Crippen LogP contribution in [0.25, 0.3) is 0 Å². The highest BCUT2D eigenvalue weighted by Crippen LogP contribution is 2.31. The van der Waals surface area contributed by atoms with E-state index < -0.39 is 0 Å². The molecule has 1 aromatic rings. The molecule has 0 bridgehead atoms. The number of anilines is 1. The average Bonchev–Trinajstić information content (AvgIpc) is 2.40. The van der Waals surface area contributed by atoms with Crippen molar-refractivity contribution >= 4 is 5.82 Å². The minimum absolute atomic E-state index is 0.0181. The molecule has 0 unspecified atom stereocenters. The summed E-state index contributed by atoms with van der Waals surface area (Å²) in [5.74, 6) is 1.49. The van der Waals surface area contributed by atoms with Crippen LogP contribution in [0.15, 0.2) is 12.1 Å². The summed E-state index contributed by atoms with van der Waals surface area (Å²) in [5.41, 5.74) is 1.15. The second kappa shape index (κ2) is 6.33. The SMILES string of the molecule is CNCC(C)(C)Nc1ccc(C2CCCCC2)nn1. The second-order valence-corrected chi connectivity index (χ2v) is 6.22. The summed E-state index contributed by atoms with van der Waals surface area (Å²) in [6.07, 6.45) is 6.59. The van der Waals surface area contributed by atoms with Crippen LogP contribution >= 0.6 is 0 Å². The monoisotopic (exact) mass is 262 g/mol. The van der Waals surface area contributed by atoms with Crippen molar-refractivity contribution in [3.63, 3.8) is 0 Å². The molecule has 1 aliphatic carbocycles. The van der Waals surface area contributed by atoms with E-state index in [1.807, 2.05) is 7.05 Å². The summed E-state index contributed by atoms with van der Waals surface area (Å²) >= 11 is 0. The van der Waals surface area contributed by atoms with Crippen molar-refractivity contribution in [3.05, 3.63) is 17.8 Å². The first-order valence-electron chi connectivity index (χ1n) is 7.37. The van der Waals surface area contributed by atoms with E-state index in [4.69, 9.17) is 0 Å². The van der Waals surface area contributed by atoms with E-state index in [0.717, 1.165) is 18.1 Å². The predicted octanol–water partition coefficient (Wildman–Crippen LogP) is 2.93. The molecule has 106 valence electrons. The van der Waals surface area contributed by atoms with Crippen molar-refractivity contribution in [3.8, 4) is 0 Å². The van der Waals surface area contributed by atoms with Gasteiger partial charge in [0.25, 0.3) is 0 Å². The molecule has 0 spiro atoms. The van der Waals surface area contributed by atoms with Gasteiger partial charge in [-0.25, -0.2) is 0 Å². The Balaban J connectivity index is 1.97. The fraction of sp³-hybridized carbons (Fsp3) is 0.733. The van der Waals surface area contributed by atoms with Crippen LogP contribution in [-0.2, 0) is 0 Å². The maximum atomic E-state index is 4.41. The van der Waals surface area contributed by atoms with E-state index in [2.05, 4.69) is 46.8 Å². The van der Waals surface area contributed by atoms with Crippen molar-refractivity contribution in [2.24, 2.45) is 0 Å². The fourth-order valence-corrected chi connectivity index (χ4v) is 2.86. The fourth-order valence-electron chi connectivity index (χ4n) is 2.86. The number of nitrogens with zero attached hydrogens (tertiary/aromatic N) is 2. The van der Waals surface area contributed by atoms with Crippen LogP contribution in [0.4, 0.5) is 5.82 Å². The molecule has 1 aromatic heterocycles. The Morgan fingerprint density at radius 1 is 1.16 bits per heavy atom. The van der Waals surface area contributed by atoms with Crippen LogP contribution in [-0.4, -0.2) is 29.3 Å². The van der Waals surface area contributed by atoms with E-state index in [1.54, 1.807) is 0 Å². The molecule has 1 heterocycles. The van der Waals surface area contributed by atoms with Gasteiger partial charge in [-0.1, -0.05) is 19.3 Å². The Labute approximate surface area is 116 Å². The molecule has 0 radical (unpaired) electrons. The maximum Gasteiger partial charge on any atom is 0.149 e. The van der Waals surface area contributed by atoms with Gasteiger partial charge in [0.05, 0.1) is 5.69 Å². The van der Waals surface area contributed by atoms with Gasteiger partial charge in [0.15, 0.2) is 0 Å². The van der Waals surface area contributed by atoms with Crippen LogP contribution in [0, 0.1) is 0 Å². The Kier molecular flexibility index (Phi) is 4.75. The third-order valence-electron chi connectivity index (χ3n) is 3.79. The molecule has 0 saturated heterocycles. The van der Waals surface area contributed by atoms with Crippen LogP contribution in [0.3, 0.4) is 0 Å². The summed E-state index contributed by atoms with van der Waals surface area (Å²) in [6, 6.07) is 4.20. The molecule has 2 N–H and O–H groups in total. The second-order valence-electron chi connectivity index (χ2n) is 6.22. The van der Waals surface area contributed by atoms with E-state index in [0.29, 0.717) is 5.92 Å². The first kappa shape index (κ1) is 14.3. The van der Waals surface area contributed by atoms with E-state index in [-0.39, 0.29) is 5.54 Å². The lowest BCUT2D eigenvalue weighted by atomic mass is 9.87. The van der Waals surface area contributed by atoms with Gasteiger partial charge < -0.3 is 10.6 Å².